The molecule has 8 heteroatoms. The first-order chi connectivity index (χ1) is 17.3. The third-order valence-electron chi connectivity index (χ3n) is 6.36. The molecule has 0 bridgehead atoms. The van der Waals surface area contributed by atoms with Crippen molar-refractivity contribution in [2.45, 2.75) is 131 Å². The van der Waals surface area contributed by atoms with E-state index in [1.165, 1.54) is 0 Å². The van der Waals surface area contributed by atoms with Gasteiger partial charge in [0.25, 0.3) is 0 Å². The van der Waals surface area contributed by atoms with Crippen molar-refractivity contribution < 1.29 is 23.2 Å². The Bertz CT molecular complexity index is 587. The van der Waals surface area contributed by atoms with Gasteiger partial charge in [0.05, 0.1) is 13.2 Å². The molecule has 0 saturated carbocycles. The Labute approximate surface area is 222 Å². The lowest BCUT2D eigenvalue weighted by molar-refractivity contribution is -0.137. The van der Waals surface area contributed by atoms with Crippen LogP contribution < -0.4 is 0 Å². The maximum atomic E-state index is 14.3. The number of hydrogen-bond donors (Lipinski definition) is 0. The summed E-state index contributed by atoms with van der Waals surface area (Å²) in [4.78, 5) is 31.2. The molecule has 0 aromatic carbocycles. The molecule has 0 aliphatic rings. The fourth-order valence-electron chi connectivity index (χ4n) is 3.82. The molecule has 36 heavy (non-hydrogen) atoms. The first-order valence-electron chi connectivity index (χ1n) is 14.8. The summed E-state index contributed by atoms with van der Waals surface area (Å²) in [5.41, 5.74) is -1.10. The number of nitrogens with zero attached hydrogens (tertiary/aromatic N) is 2. The van der Waals surface area contributed by atoms with Crippen LogP contribution in [0.2, 0.25) is 0 Å². The highest BCUT2D eigenvalue weighted by Gasteiger charge is 2.45. The Morgan fingerprint density at radius 1 is 0.611 bits per heavy atom. The third kappa shape index (κ3) is 14.1. The van der Waals surface area contributed by atoms with Gasteiger partial charge in [-0.25, -0.2) is 0 Å². The molecule has 2 amide bonds. The van der Waals surface area contributed by atoms with E-state index in [1.54, 1.807) is 4.90 Å². The highest BCUT2D eigenvalue weighted by molar-refractivity contribution is 7.55. The lowest BCUT2D eigenvalue weighted by atomic mass is 10.2. The first-order valence-corrected chi connectivity index (χ1v) is 16.4. The maximum absolute atomic E-state index is 14.3. The fraction of sp³-hybridized carbons (Fsp3) is 0.929. The van der Waals surface area contributed by atoms with Crippen molar-refractivity contribution in [3.8, 4) is 0 Å². The van der Waals surface area contributed by atoms with Crippen LogP contribution in [0, 0.1) is 0 Å². The summed E-state index contributed by atoms with van der Waals surface area (Å²) < 4.78 is 26.1. The standard InChI is InChI=1S/C28H57N2O5P/c1-7-13-19-29(20-14-8-2)27(31)25-26(28(32)30(21-15-9-3)22-16-10-4)36(33,34-23-17-11-5)35-24-18-12-6/h26H,7-25H2,1-6H3/t26-/m0/s1. The summed E-state index contributed by atoms with van der Waals surface area (Å²) >= 11 is 0. The Balaban J connectivity index is 6.18. The number of carbonyl (C=O) groups is 2. The van der Waals surface area contributed by atoms with Crippen LogP contribution >= 0.6 is 7.60 Å². The quantitative estimate of drug-likeness (QED) is 0.0954. The second kappa shape index (κ2) is 22.1. The van der Waals surface area contributed by atoms with Crippen LogP contribution in [0.25, 0.3) is 0 Å². The summed E-state index contributed by atoms with van der Waals surface area (Å²) in [6.45, 7) is 15.5. The van der Waals surface area contributed by atoms with Gasteiger partial charge in [0.1, 0.15) is 5.66 Å². The second-order valence-corrected chi connectivity index (χ2v) is 12.0. The summed E-state index contributed by atoms with van der Waals surface area (Å²) in [7, 11) is -3.85. The lowest BCUT2D eigenvalue weighted by Gasteiger charge is -2.32. The minimum Gasteiger partial charge on any atom is -0.343 e. The molecule has 0 heterocycles. The Morgan fingerprint density at radius 2 is 0.972 bits per heavy atom. The minimum atomic E-state index is -3.85. The van der Waals surface area contributed by atoms with Gasteiger partial charge < -0.3 is 18.8 Å². The lowest BCUT2D eigenvalue weighted by Crippen LogP contribution is -2.44. The van der Waals surface area contributed by atoms with E-state index in [4.69, 9.17) is 9.05 Å². The van der Waals surface area contributed by atoms with Gasteiger partial charge in [-0.1, -0.05) is 80.1 Å². The van der Waals surface area contributed by atoms with Crippen molar-refractivity contribution in [3.05, 3.63) is 0 Å². The predicted octanol–water partition coefficient (Wildman–Crippen LogP) is 7.43. The second-order valence-electron chi connectivity index (χ2n) is 9.75. The van der Waals surface area contributed by atoms with Gasteiger partial charge in [-0.3, -0.25) is 14.2 Å². The van der Waals surface area contributed by atoms with Crippen LogP contribution in [0.1, 0.15) is 125 Å². The highest BCUT2D eigenvalue weighted by atomic mass is 31.2. The molecule has 0 unspecified atom stereocenters. The Hall–Kier alpha value is -0.910. The first kappa shape index (κ1) is 35.1. The average Bonchev–Trinajstić information content (AvgIpc) is 2.87. The van der Waals surface area contributed by atoms with Crippen LogP contribution in [0.4, 0.5) is 0 Å². The molecule has 0 aromatic rings. The number of unbranched alkanes of at least 4 members (excludes halogenated alkanes) is 6. The molecule has 7 nitrogen and oxygen atoms in total. The van der Waals surface area contributed by atoms with Crippen molar-refractivity contribution in [2.75, 3.05) is 39.4 Å². The van der Waals surface area contributed by atoms with Crippen molar-refractivity contribution in [2.24, 2.45) is 0 Å². The number of carbonyl (C=O) groups excluding carboxylic acids is 2. The zero-order valence-electron chi connectivity index (χ0n) is 24.4. The Kier molecular flexibility index (Phi) is 21.5. The van der Waals surface area contributed by atoms with E-state index in [1.807, 2.05) is 18.7 Å². The van der Waals surface area contributed by atoms with Crippen LogP contribution in [-0.2, 0) is 23.2 Å². The van der Waals surface area contributed by atoms with Gasteiger partial charge in [0, 0.05) is 32.6 Å². The molecule has 0 rings (SSSR count). The number of hydrogen-bond acceptors (Lipinski definition) is 5. The van der Waals surface area contributed by atoms with Crippen LogP contribution in [-0.4, -0.2) is 66.7 Å². The van der Waals surface area contributed by atoms with E-state index in [-0.39, 0.29) is 31.4 Å². The monoisotopic (exact) mass is 532 g/mol. The number of rotatable bonds is 24. The van der Waals surface area contributed by atoms with E-state index >= 15 is 0 Å². The van der Waals surface area contributed by atoms with Gasteiger partial charge in [-0.05, 0) is 38.5 Å². The maximum Gasteiger partial charge on any atom is 0.343 e. The van der Waals surface area contributed by atoms with Crippen molar-refractivity contribution >= 4 is 19.4 Å². The summed E-state index contributed by atoms with van der Waals surface area (Å²) in [5, 5.41) is 0. The predicted molar refractivity (Wildman–Crippen MR) is 151 cm³/mol. The van der Waals surface area contributed by atoms with Gasteiger partial charge in [0.15, 0.2) is 0 Å². The zero-order valence-corrected chi connectivity index (χ0v) is 25.3. The number of amides is 2. The van der Waals surface area contributed by atoms with Crippen LogP contribution in [0.5, 0.6) is 0 Å². The van der Waals surface area contributed by atoms with Gasteiger partial charge in [0.2, 0.25) is 11.8 Å². The molecular weight excluding hydrogens is 475 g/mol. The molecule has 0 aliphatic heterocycles. The SMILES string of the molecule is CCCCOP(=O)(OCCCC)[C@@H](CC(=O)N(CCCC)CCCC)C(=O)N(CCCC)CCCC. The molecule has 1 atom stereocenters. The molecule has 0 spiro atoms. The molecule has 0 radical (unpaired) electrons. The van der Waals surface area contributed by atoms with E-state index in [9.17, 15) is 14.2 Å². The zero-order chi connectivity index (χ0) is 27.2. The molecule has 0 aromatic heterocycles. The Morgan fingerprint density at radius 3 is 1.33 bits per heavy atom. The van der Waals surface area contributed by atoms with E-state index in [0.29, 0.717) is 26.2 Å². The summed E-state index contributed by atoms with van der Waals surface area (Å²) in [6, 6.07) is 0. The van der Waals surface area contributed by atoms with Gasteiger partial charge >= 0.3 is 7.60 Å². The van der Waals surface area contributed by atoms with Crippen LogP contribution in [0.15, 0.2) is 0 Å². The molecule has 0 fully saturated rings. The van der Waals surface area contributed by atoms with Crippen molar-refractivity contribution in [3.63, 3.8) is 0 Å². The van der Waals surface area contributed by atoms with Gasteiger partial charge in [-0.15, -0.1) is 0 Å². The van der Waals surface area contributed by atoms with E-state index in [2.05, 4.69) is 27.7 Å². The topological polar surface area (TPSA) is 76.1 Å². The normalized spacial score (nSPS) is 12.5. The molecule has 0 saturated heterocycles. The summed E-state index contributed by atoms with van der Waals surface area (Å²) in [5.74, 6) is -0.382. The minimum absolute atomic E-state index is 0.125. The molecule has 0 aliphatic carbocycles. The van der Waals surface area contributed by atoms with Gasteiger partial charge in [-0.2, -0.15) is 0 Å². The van der Waals surface area contributed by atoms with Crippen molar-refractivity contribution in [1.29, 1.82) is 0 Å². The summed E-state index contributed by atoms with van der Waals surface area (Å²) in [6.07, 6.45) is 10.5. The van der Waals surface area contributed by atoms with E-state index < -0.39 is 13.3 Å². The van der Waals surface area contributed by atoms with Crippen LogP contribution in [0.3, 0.4) is 0 Å². The average molecular weight is 533 g/mol. The smallest absolute Gasteiger partial charge is 0.343 e. The largest absolute Gasteiger partial charge is 0.343 e. The van der Waals surface area contributed by atoms with E-state index in [0.717, 1.165) is 77.0 Å². The third-order valence-corrected chi connectivity index (χ3v) is 8.62. The highest BCUT2D eigenvalue weighted by Crippen LogP contribution is 2.55. The molecule has 0 N–H and O–H groups in total. The molecule has 214 valence electrons. The van der Waals surface area contributed by atoms with Crippen molar-refractivity contribution in [1.82, 2.24) is 9.80 Å². The fourth-order valence-corrected chi connectivity index (χ4v) is 5.83. The molecular formula is C28H57N2O5P.